The summed E-state index contributed by atoms with van der Waals surface area (Å²) in [4.78, 5) is 0. The predicted molar refractivity (Wildman–Crippen MR) is 101 cm³/mol. The van der Waals surface area contributed by atoms with Gasteiger partial charge in [0.25, 0.3) is 0 Å². The monoisotopic (exact) mass is 369 g/mol. The molecule has 0 radical (unpaired) electrons. The van der Waals surface area contributed by atoms with E-state index in [1.54, 1.807) is 13.8 Å². The molecule has 0 aliphatic rings. The number of unbranched alkanes of at least 4 members (excludes halogenated alkanes) is 8. The van der Waals surface area contributed by atoms with Gasteiger partial charge in [-0.15, -0.1) is 23.2 Å². The van der Waals surface area contributed by atoms with Crippen molar-refractivity contribution in [3.63, 3.8) is 0 Å². The van der Waals surface area contributed by atoms with Crippen molar-refractivity contribution in [1.82, 2.24) is 0 Å². The van der Waals surface area contributed by atoms with Crippen molar-refractivity contribution in [2.45, 2.75) is 113 Å². The van der Waals surface area contributed by atoms with Crippen LogP contribution in [0.25, 0.3) is 0 Å². The Balaban J connectivity index is 4.17. The summed E-state index contributed by atoms with van der Waals surface area (Å²) in [5.41, 5.74) is 5.43. The van der Waals surface area contributed by atoms with Crippen LogP contribution in [0.15, 0.2) is 0 Å². The van der Waals surface area contributed by atoms with Crippen LogP contribution in [0.5, 0.6) is 0 Å². The van der Waals surface area contributed by atoms with E-state index in [1.165, 1.54) is 44.9 Å². The lowest BCUT2D eigenvalue weighted by Crippen LogP contribution is -2.61. The first-order valence-electron chi connectivity index (χ1n) is 9.20. The lowest BCUT2D eigenvalue weighted by molar-refractivity contribution is 0.106. The van der Waals surface area contributed by atoms with E-state index in [0.717, 1.165) is 12.8 Å². The van der Waals surface area contributed by atoms with Crippen LogP contribution < -0.4 is 5.73 Å². The molecule has 0 spiro atoms. The Morgan fingerprint density at radius 2 is 1.13 bits per heavy atom. The van der Waals surface area contributed by atoms with E-state index in [1.807, 2.05) is 0 Å². The summed E-state index contributed by atoms with van der Waals surface area (Å²) in [6.45, 7) is 5.45. The Morgan fingerprint density at radius 3 is 1.48 bits per heavy atom. The van der Waals surface area contributed by atoms with Gasteiger partial charge < -0.3 is 15.9 Å². The molecule has 0 amide bonds. The predicted octanol–water partition coefficient (Wildman–Crippen LogP) is 4.58. The van der Waals surface area contributed by atoms with Crippen LogP contribution in [-0.2, 0) is 0 Å². The molecule has 0 heterocycles. The molecule has 0 fully saturated rings. The van der Waals surface area contributed by atoms with Crippen molar-refractivity contribution >= 4 is 23.2 Å². The molecule has 0 saturated carbocycles. The van der Waals surface area contributed by atoms with Crippen molar-refractivity contribution in [2.75, 3.05) is 0 Å². The van der Waals surface area contributed by atoms with Gasteiger partial charge in [-0.3, -0.25) is 0 Å². The molecule has 140 valence electrons. The Kier molecular flexibility index (Phi) is 13.0. The van der Waals surface area contributed by atoms with E-state index >= 15 is 0 Å². The lowest BCUT2D eigenvalue weighted by atomic mass is 9.82. The highest BCUT2D eigenvalue weighted by Gasteiger charge is 2.44. The van der Waals surface area contributed by atoms with Crippen molar-refractivity contribution in [1.29, 1.82) is 0 Å². The SMILES string of the molecule is CCCCCCCCCCCC(N)(C(Cl)C(C)O)C(Cl)C(C)O. The van der Waals surface area contributed by atoms with E-state index in [4.69, 9.17) is 28.9 Å². The van der Waals surface area contributed by atoms with E-state index in [-0.39, 0.29) is 0 Å². The number of aliphatic hydroxyl groups excluding tert-OH is 2. The number of aliphatic hydroxyl groups is 2. The van der Waals surface area contributed by atoms with Crippen molar-refractivity contribution < 1.29 is 10.2 Å². The topological polar surface area (TPSA) is 66.5 Å². The first-order valence-corrected chi connectivity index (χ1v) is 10.1. The minimum Gasteiger partial charge on any atom is -0.392 e. The second-order valence-electron chi connectivity index (χ2n) is 6.98. The number of nitrogens with two attached hydrogens (primary N) is 1. The average Bonchev–Trinajstić information content (AvgIpc) is 2.51. The number of alkyl halides is 2. The molecule has 23 heavy (non-hydrogen) atoms. The maximum Gasteiger partial charge on any atom is 0.0787 e. The van der Waals surface area contributed by atoms with Crippen LogP contribution in [0.2, 0.25) is 0 Å². The number of hydrogen-bond acceptors (Lipinski definition) is 3. The Morgan fingerprint density at radius 1 is 0.783 bits per heavy atom. The molecule has 0 saturated heterocycles. The highest BCUT2D eigenvalue weighted by molar-refractivity contribution is 6.25. The summed E-state index contributed by atoms with van der Waals surface area (Å²) in [6, 6.07) is 0. The lowest BCUT2D eigenvalue weighted by Gasteiger charge is -2.40. The largest absolute Gasteiger partial charge is 0.392 e. The zero-order valence-electron chi connectivity index (χ0n) is 15.1. The van der Waals surface area contributed by atoms with Gasteiger partial charge in [-0.2, -0.15) is 0 Å². The Bertz CT molecular complexity index is 274. The van der Waals surface area contributed by atoms with Crippen LogP contribution in [0.4, 0.5) is 0 Å². The molecular weight excluding hydrogens is 333 g/mol. The van der Waals surface area contributed by atoms with Gasteiger partial charge in [0.15, 0.2) is 0 Å². The van der Waals surface area contributed by atoms with Crippen molar-refractivity contribution in [3.05, 3.63) is 0 Å². The fraction of sp³-hybridized carbons (Fsp3) is 1.00. The molecule has 0 aromatic rings. The second kappa shape index (κ2) is 12.8. The van der Waals surface area contributed by atoms with Crippen LogP contribution in [0, 0.1) is 0 Å². The van der Waals surface area contributed by atoms with Gasteiger partial charge in [-0.05, 0) is 20.3 Å². The second-order valence-corrected chi connectivity index (χ2v) is 7.92. The third kappa shape index (κ3) is 8.92. The third-order valence-corrected chi connectivity index (χ3v) is 6.13. The molecule has 4 N–H and O–H groups in total. The fourth-order valence-corrected chi connectivity index (χ4v) is 3.62. The molecule has 0 aromatic heterocycles. The Labute approximate surface area is 152 Å². The molecular formula is C18H37Cl2NO2. The number of hydrogen-bond donors (Lipinski definition) is 3. The molecule has 3 nitrogen and oxygen atoms in total. The van der Waals surface area contributed by atoms with Gasteiger partial charge in [0.2, 0.25) is 0 Å². The number of rotatable bonds is 14. The standard InChI is InChI=1S/C18H37Cl2NO2/c1-4-5-6-7-8-9-10-11-12-13-18(21,16(19)14(2)22)17(20)15(3)23/h14-17,22-23H,4-13,21H2,1-3H3. The summed E-state index contributed by atoms with van der Waals surface area (Å²) in [6.07, 6.45) is 10.1. The van der Waals surface area contributed by atoms with E-state index in [2.05, 4.69) is 6.92 Å². The van der Waals surface area contributed by atoms with Crippen molar-refractivity contribution in [2.24, 2.45) is 5.73 Å². The summed E-state index contributed by atoms with van der Waals surface area (Å²) in [5.74, 6) is 0. The van der Waals surface area contributed by atoms with Crippen molar-refractivity contribution in [3.8, 4) is 0 Å². The third-order valence-electron chi connectivity index (χ3n) is 4.59. The number of halogens is 2. The molecule has 4 unspecified atom stereocenters. The van der Waals surface area contributed by atoms with Crippen LogP contribution in [0.3, 0.4) is 0 Å². The first-order chi connectivity index (χ1) is 10.8. The van der Waals surface area contributed by atoms with Gasteiger partial charge in [-0.25, -0.2) is 0 Å². The fourth-order valence-electron chi connectivity index (χ4n) is 3.07. The highest BCUT2D eigenvalue weighted by atomic mass is 35.5. The summed E-state index contributed by atoms with van der Waals surface area (Å²) in [5, 5.41) is 18.2. The maximum atomic E-state index is 9.78. The molecule has 0 aromatic carbocycles. The van der Waals surface area contributed by atoms with Gasteiger partial charge >= 0.3 is 0 Å². The molecule has 0 bridgehead atoms. The molecule has 0 rings (SSSR count). The highest BCUT2D eigenvalue weighted by Crippen LogP contribution is 2.32. The van der Waals surface area contributed by atoms with Gasteiger partial charge in [-0.1, -0.05) is 64.7 Å². The van der Waals surface area contributed by atoms with Gasteiger partial charge in [0, 0.05) is 0 Å². The van der Waals surface area contributed by atoms with E-state index in [9.17, 15) is 10.2 Å². The first kappa shape index (κ1) is 23.5. The summed E-state index contributed by atoms with van der Waals surface area (Å²) < 4.78 is 0. The smallest absolute Gasteiger partial charge is 0.0787 e. The maximum absolute atomic E-state index is 9.78. The minimum absolute atomic E-state index is 0.612. The van der Waals surface area contributed by atoms with E-state index < -0.39 is 28.5 Å². The van der Waals surface area contributed by atoms with Gasteiger partial charge in [0.1, 0.15) is 0 Å². The van der Waals surface area contributed by atoms with Gasteiger partial charge in [0.05, 0.1) is 28.5 Å². The quantitative estimate of drug-likeness (QED) is 0.310. The Hall–Kier alpha value is 0.460. The molecule has 0 aliphatic heterocycles. The molecule has 4 atom stereocenters. The minimum atomic E-state index is -0.966. The zero-order valence-corrected chi connectivity index (χ0v) is 16.6. The summed E-state index contributed by atoms with van der Waals surface area (Å²) >= 11 is 12.6. The average molecular weight is 370 g/mol. The molecule has 5 heteroatoms. The van der Waals surface area contributed by atoms with Crippen LogP contribution >= 0.6 is 23.2 Å². The van der Waals surface area contributed by atoms with Crippen LogP contribution in [-0.4, -0.2) is 38.7 Å². The van der Waals surface area contributed by atoms with E-state index in [0.29, 0.717) is 6.42 Å². The summed E-state index contributed by atoms with van der Waals surface area (Å²) in [7, 11) is 0. The molecule has 0 aliphatic carbocycles. The normalized spacial score (nSPS) is 19.8. The van der Waals surface area contributed by atoms with Crippen LogP contribution in [0.1, 0.15) is 85.0 Å². The zero-order chi connectivity index (χ0) is 17.9.